The number of rotatable bonds is 17. The molecule has 1 aromatic rings. The molecule has 4 heteroatoms. The van der Waals surface area contributed by atoms with E-state index < -0.39 is 0 Å². The second kappa shape index (κ2) is 17.8. The predicted molar refractivity (Wildman–Crippen MR) is 134 cm³/mol. The molecule has 0 aliphatic rings. The first kappa shape index (κ1) is 29.1. The quantitative estimate of drug-likeness (QED) is 0.138. The van der Waals surface area contributed by atoms with Crippen molar-refractivity contribution in [3.63, 3.8) is 0 Å². The SMILES string of the molecule is Br.CCCCCCCCCCCCC(CCCC(=O)Oc1ccccc1)C(C)(C)N. The zero-order chi connectivity index (χ0) is 21.4. The largest absolute Gasteiger partial charge is 0.427 e. The normalized spacial score (nSPS) is 12.3. The van der Waals surface area contributed by atoms with Gasteiger partial charge in [-0.2, -0.15) is 0 Å². The molecular formula is C26H46BrNO2. The number of halogens is 1. The maximum atomic E-state index is 12.0. The molecular weight excluding hydrogens is 438 g/mol. The molecule has 3 nitrogen and oxygen atoms in total. The zero-order valence-corrected chi connectivity index (χ0v) is 21.4. The lowest BCUT2D eigenvalue weighted by Gasteiger charge is -2.31. The van der Waals surface area contributed by atoms with Gasteiger partial charge in [-0.3, -0.25) is 4.79 Å². The maximum Gasteiger partial charge on any atom is 0.311 e. The Labute approximate surface area is 196 Å². The molecule has 0 aliphatic carbocycles. The first-order valence-corrected chi connectivity index (χ1v) is 12.0. The summed E-state index contributed by atoms with van der Waals surface area (Å²) in [5, 5.41) is 0. The number of para-hydroxylation sites is 1. The summed E-state index contributed by atoms with van der Waals surface area (Å²) in [6, 6.07) is 9.30. The predicted octanol–water partition coefficient (Wildman–Crippen LogP) is 8.00. The van der Waals surface area contributed by atoms with E-state index in [1.807, 2.05) is 30.3 Å². The van der Waals surface area contributed by atoms with E-state index >= 15 is 0 Å². The molecule has 0 aliphatic heterocycles. The molecule has 174 valence electrons. The molecule has 0 bridgehead atoms. The van der Waals surface area contributed by atoms with Crippen molar-refractivity contribution in [3.8, 4) is 5.75 Å². The van der Waals surface area contributed by atoms with Crippen LogP contribution in [-0.4, -0.2) is 11.5 Å². The van der Waals surface area contributed by atoms with Crippen molar-refractivity contribution in [1.82, 2.24) is 0 Å². The number of nitrogens with two attached hydrogens (primary N) is 1. The number of unbranched alkanes of at least 4 members (excludes halogenated alkanes) is 9. The minimum Gasteiger partial charge on any atom is -0.427 e. The maximum absolute atomic E-state index is 12.0. The third kappa shape index (κ3) is 15.0. The minimum absolute atomic E-state index is 0. The lowest BCUT2D eigenvalue weighted by atomic mass is 9.81. The van der Waals surface area contributed by atoms with Gasteiger partial charge in [0.05, 0.1) is 0 Å². The number of ether oxygens (including phenoxy) is 1. The third-order valence-corrected chi connectivity index (χ3v) is 5.87. The van der Waals surface area contributed by atoms with Crippen LogP contribution in [0.5, 0.6) is 5.75 Å². The second-order valence-electron chi connectivity index (χ2n) is 9.17. The summed E-state index contributed by atoms with van der Waals surface area (Å²) < 4.78 is 5.38. The van der Waals surface area contributed by atoms with Crippen LogP contribution < -0.4 is 10.5 Å². The monoisotopic (exact) mass is 483 g/mol. The summed E-state index contributed by atoms with van der Waals surface area (Å²) in [4.78, 5) is 12.0. The lowest BCUT2D eigenvalue weighted by Crippen LogP contribution is -2.41. The molecule has 0 amide bonds. The van der Waals surface area contributed by atoms with Crippen LogP contribution in [0.2, 0.25) is 0 Å². The van der Waals surface area contributed by atoms with Gasteiger partial charge in [-0.25, -0.2) is 0 Å². The number of hydrogen-bond donors (Lipinski definition) is 1. The van der Waals surface area contributed by atoms with Gasteiger partial charge >= 0.3 is 5.97 Å². The van der Waals surface area contributed by atoms with Crippen LogP contribution in [0.1, 0.15) is 111 Å². The fourth-order valence-corrected chi connectivity index (χ4v) is 3.93. The van der Waals surface area contributed by atoms with Gasteiger partial charge in [0.15, 0.2) is 0 Å². The van der Waals surface area contributed by atoms with Crippen LogP contribution in [0.15, 0.2) is 30.3 Å². The Kier molecular flexibility index (Phi) is 17.3. The van der Waals surface area contributed by atoms with Gasteiger partial charge in [0.2, 0.25) is 0 Å². The van der Waals surface area contributed by atoms with Crippen LogP contribution in [0, 0.1) is 5.92 Å². The van der Waals surface area contributed by atoms with Gasteiger partial charge < -0.3 is 10.5 Å². The molecule has 0 spiro atoms. The Morgan fingerprint density at radius 2 is 1.37 bits per heavy atom. The Morgan fingerprint density at radius 1 is 0.867 bits per heavy atom. The highest BCUT2D eigenvalue weighted by Gasteiger charge is 2.24. The zero-order valence-electron chi connectivity index (χ0n) is 19.7. The van der Waals surface area contributed by atoms with Crippen LogP contribution in [0.25, 0.3) is 0 Å². The highest BCUT2D eigenvalue weighted by atomic mass is 79.9. The van der Waals surface area contributed by atoms with Crippen LogP contribution in [0.3, 0.4) is 0 Å². The van der Waals surface area contributed by atoms with E-state index in [9.17, 15) is 4.79 Å². The average molecular weight is 485 g/mol. The first-order chi connectivity index (χ1) is 13.9. The van der Waals surface area contributed by atoms with E-state index in [4.69, 9.17) is 10.5 Å². The molecule has 30 heavy (non-hydrogen) atoms. The van der Waals surface area contributed by atoms with Crippen molar-refractivity contribution in [2.75, 3.05) is 0 Å². The topological polar surface area (TPSA) is 52.3 Å². The molecule has 2 N–H and O–H groups in total. The van der Waals surface area contributed by atoms with Gasteiger partial charge in [0, 0.05) is 12.0 Å². The van der Waals surface area contributed by atoms with Gasteiger partial charge in [-0.05, 0) is 51.2 Å². The molecule has 1 rings (SSSR count). The number of carbonyl (C=O) groups is 1. The van der Waals surface area contributed by atoms with E-state index in [-0.39, 0.29) is 28.5 Å². The van der Waals surface area contributed by atoms with Crippen molar-refractivity contribution in [2.24, 2.45) is 11.7 Å². The summed E-state index contributed by atoms with van der Waals surface area (Å²) in [5.41, 5.74) is 6.23. The standard InChI is InChI=1S/C26H45NO2.BrH/c1-4-5-6-7-8-9-10-11-12-14-18-23(26(2,3)27)19-17-22-25(28)29-24-20-15-13-16-21-24;/h13,15-16,20-21,23H,4-12,14,17-19,22,27H2,1-3H3;1H. The Balaban J connectivity index is 0.00000841. The molecule has 0 aromatic heterocycles. The van der Waals surface area contributed by atoms with E-state index in [2.05, 4.69) is 20.8 Å². The highest BCUT2D eigenvalue weighted by molar-refractivity contribution is 8.93. The highest BCUT2D eigenvalue weighted by Crippen LogP contribution is 2.27. The van der Waals surface area contributed by atoms with Gasteiger partial charge in [0.25, 0.3) is 0 Å². The first-order valence-electron chi connectivity index (χ1n) is 12.0. The van der Waals surface area contributed by atoms with Crippen LogP contribution >= 0.6 is 17.0 Å². The summed E-state index contributed by atoms with van der Waals surface area (Å²) in [6.07, 6.45) is 17.0. The molecule has 1 unspecified atom stereocenters. The number of hydrogen-bond acceptors (Lipinski definition) is 3. The smallest absolute Gasteiger partial charge is 0.311 e. The van der Waals surface area contributed by atoms with Gasteiger partial charge in [0.1, 0.15) is 5.75 Å². The second-order valence-corrected chi connectivity index (χ2v) is 9.17. The Bertz CT molecular complexity index is 528. The van der Waals surface area contributed by atoms with Crippen LogP contribution in [-0.2, 0) is 4.79 Å². The Morgan fingerprint density at radius 3 is 1.90 bits per heavy atom. The molecule has 0 radical (unpaired) electrons. The average Bonchev–Trinajstić information content (AvgIpc) is 2.68. The van der Waals surface area contributed by atoms with E-state index in [0.717, 1.165) is 19.3 Å². The van der Waals surface area contributed by atoms with Crippen molar-refractivity contribution in [2.45, 2.75) is 116 Å². The summed E-state index contributed by atoms with van der Waals surface area (Å²) in [5.74, 6) is 0.934. The van der Waals surface area contributed by atoms with Crippen molar-refractivity contribution in [1.29, 1.82) is 0 Å². The van der Waals surface area contributed by atoms with Crippen molar-refractivity contribution >= 4 is 23.0 Å². The Hall–Kier alpha value is -0.870. The summed E-state index contributed by atoms with van der Waals surface area (Å²) in [6.45, 7) is 6.51. The number of carbonyl (C=O) groups excluding carboxylic acids is 1. The van der Waals surface area contributed by atoms with E-state index in [1.165, 1.54) is 64.2 Å². The molecule has 0 saturated heterocycles. The molecule has 1 atom stereocenters. The van der Waals surface area contributed by atoms with Crippen LogP contribution in [0.4, 0.5) is 0 Å². The molecule has 0 saturated carbocycles. The van der Waals surface area contributed by atoms with Gasteiger partial charge in [-0.1, -0.05) is 89.3 Å². The summed E-state index contributed by atoms with van der Waals surface area (Å²) in [7, 11) is 0. The van der Waals surface area contributed by atoms with E-state index in [0.29, 0.717) is 18.1 Å². The van der Waals surface area contributed by atoms with Gasteiger partial charge in [-0.15, -0.1) is 17.0 Å². The minimum atomic E-state index is -0.192. The number of benzene rings is 1. The molecule has 1 aromatic carbocycles. The molecule has 0 fully saturated rings. The van der Waals surface area contributed by atoms with Crippen molar-refractivity contribution < 1.29 is 9.53 Å². The number of esters is 1. The fraction of sp³-hybridized carbons (Fsp3) is 0.731. The third-order valence-electron chi connectivity index (χ3n) is 5.87. The lowest BCUT2D eigenvalue weighted by molar-refractivity contribution is -0.134. The van der Waals surface area contributed by atoms with Crippen molar-refractivity contribution in [3.05, 3.63) is 30.3 Å². The molecule has 0 heterocycles. The fourth-order valence-electron chi connectivity index (χ4n) is 3.93. The summed E-state index contributed by atoms with van der Waals surface area (Å²) >= 11 is 0. The van der Waals surface area contributed by atoms with E-state index in [1.54, 1.807) is 0 Å².